The summed E-state index contributed by atoms with van der Waals surface area (Å²) in [5.74, 6) is -0.338. The van der Waals surface area contributed by atoms with Gasteiger partial charge in [0.25, 0.3) is 0 Å². The summed E-state index contributed by atoms with van der Waals surface area (Å²) in [6.45, 7) is 2.14. The summed E-state index contributed by atoms with van der Waals surface area (Å²) < 4.78 is 5.00. The second-order valence-electron chi connectivity index (χ2n) is 4.14. The highest BCUT2D eigenvalue weighted by Crippen LogP contribution is 2.20. The molecule has 2 N–H and O–H groups in total. The van der Waals surface area contributed by atoms with Crippen LogP contribution in [0.25, 0.3) is 0 Å². The third-order valence-corrected chi connectivity index (χ3v) is 2.80. The molecule has 0 aliphatic heterocycles. The fourth-order valence-corrected chi connectivity index (χ4v) is 1.83. The second-order valence-corrected chi connectivity index (χ2v) is 4.55. The van der Waals surface area contributed by atoms with E-state index in [1.807, 2.05) is 12.1 Å². The first-order valence-corrected chi connectivity index (χ1v) is 6.45. The molecule has 0 spiro atoms. The van der Waals surface area contributed by atoms with E-state index < -0.39 is 0 Å². The third-order valence-electron chi connectivity index (χ3n) is 2.58. The van der Waals surface area contributed by atoms with Crippen molar-refractivity contribution >= 4 is 29.0 Å². The van der Waals surface area contributed by atoms with E-state index in [1.54, 1.807) is 19.1 Å². The lowest BCUT2D eigenvalue weighted by molar-refractivity contribution is 0.0527. The van der Waals surface area contributed by atoms with Crippen molar-refractivity contribution in [2.75, 3.05) is 11.9 Å². The van der Waals surface area contributed by atoms with E-state index >= 15 is 0 Å². The molecule has 1 aromatic carbocycles. The van der Waals surface area contributed by atoms with Crippen LogP contribution >= 0.6 is 12.2 Å². The largest absolute Gasteiger partial charge is 0.462 e. The summed E-state index contributed by atoms with van der Waals surface area (Å²) >= 11 is 5.19. The van der Waals surface area contributed by atoms with Gasteiger partial charge in [-0.05, 0) is 44.1 Å². The quantitative estimate of drug-likeness (QED) is 0.645. The summed E-state index contributed by atoms with van der Waals surface area (Å²) in [5, 5.41) is 6.76. The van der Waals surface area contributed by atoms with Crippen LogP contribution < -0.4 is 10.6 Å². The van der Waals surface area contributed by atoms with E-state index in [1.165, 1.54) is 0 Å². The fourth-order valence-electron chi connectivity index (χ4n) is 1.55. The van der Waals surface area contributed by atoms with Crippen LogP contribution in [0.1, 0.15) is 30.1 Å². The zero-order valence-corrected chi connectivity index (χ0v) is 11.0. The van der Waals surface area contributed by atoms with Gasteiger partial charge in [0.2, 0.25) is 0 Å². The molecule has 1 aromatic rings. The number of anilines is 1. The van der Waals surface area contributed by atoms with Gasteiger partial charge in [0.1, 0.15) is 0 Å². The number of hydrogen-bond acceptors (Lipinski definition) is 3. The first-order valence-electron chi connectivity index (χ1n) is 6.04. The Morgan fingerprint density at radius 2 is 2.17 bits per heavy atom. The van der Waals surface area contributed by atoms with Crippen LogP contribution in [0.15, 0.2) is 24.3 Å². The summed E-state index contributed by atoms with van der Waals surface area (Å²) in [6.07, 6.45) is 2.31. The molecule has 1 aliphatic carbocycles. The van der Waals surface area contributed by atoms with Crippen molar-refractivity contribution in [2.45, 2.75) is 25.8 Å². The van der Waals surface area contributed by atoms with Gasteiger partial charge in [-0.1, -0.05) is 12.1 Å². The van der Waals surface area contributed by atoms with Gasteiger partial charge >= 0.3 is 5.97 Å². The van der Waals surface area contributed by atoms with E-state index in [9.17, 15) is 4.79 Å². The highest BCUT2D eigenvalue weighted by molar-refractivity contribution is 7.80. The summed E-state index contributed by atoms with van der Waals surface area (Å²) in [7, 11) is 0. The van der Waals surface area contributed by atoms with Crippen LogP contribution in [-0.4, -0.2) is 23.7 Å². The number of carbonyl (C=O) groups excluding carboxylic acids is 1. The van der Waals surface area contributed by atoms with Crippen molar-refractivity contribution in [3.05, 3.63) is 29.8 Å². The van der Waals surface area contributed by atoms with Crippen molar-refractivity contribution in [1.82, 2.24) is 5.32 Å². The Labute approximate surface area is 112 Å². The van der Waals surface area contributed by atoms with E-state index in [0.717, 1.165) is 12.8 Å². The van der Waals surface area contributed by atoms with Crippen LogP contribution in [-0.2, 0) is 4.74 Å². The minimum absolute atomic E-state index is 0.338. The topological polar surface area (TPSA) is 50.4 Å². The van der Waals surface area contributed by atoms with Crippen LogP contribution in [0.4, 0.5) is 5.69 Å². The van der Waals surface area contributed by atoms with E-state index in [0.29, 0.717) is 29.0 Å². The zero-order chi connectivity index (χ0) is 13.0. The number of nitrogens with one attached hydrogen (secondary N) is 2. The van der Waals surface area contributed by atoms with Crippen molar-refractivity contribution in [1.29, 1.82) is 0 Å². The molecule has 5 heteroatoms. The predicted octanol–water partition coefficient (Wildman–Crippen LogP) is 2.31. The van der Waals surface area contributed by atoms with Crippen LogP contribution in [0.5, 0.6) is 0 Å². The SMILES string of the molecule is CCOC(=O)c1ccccc1NC(=S)NC1CC1. The maximum absolute atomic E-state index is 11.8. The average molecular weight is 264 g/mol. The Kier molecular flexibility index (Phi) is 4.15. The number of hydrogen-bond donors (Lipinski definition) is 2. The van der Waals surface area contributed by atoms with Gasteiger partial charge in [0.15, 0.2) is 5.11 Å². The zero-order valence-electron chi connectivity index (χ0n) is 10.2. The highest BCUT2D eigenvalue weighted by Gasteiger charge is 2.22. The lowest BCUT2D eigenvalue weighted by atomic mass is 10.2. The number of esters is 1. The summed E-state index contributed by atoms with van der Waals surface area (Å²) in [6, 6.07) is 7.67. The molecule has 1 aliphatic rings. The number of carbonyl (C=O) groups is 1. The molecule has 0 aromatic heterocycles. The molecule has 0 heterocycles. The molecule has 1 saturated carbocycles. The first-order chi connectivity index (χ1) is 8.70. The Balaban J connectivity index is 2.06. The molecule has 96 valence electrons. The Hall–Kier alpha value is -1.62. The summed E-state index contributed by atoms with van der Waals surface area (Å²) in [4.78, 5) is 11.8. The van der Waals surface area contributed by atoms with E-state index in [2.05, 4.69) is 10.6 Å². The van der Waals surface area contributed by atoms with E-state index in [4.69, 9.17) is 17.0 Å². The van der Waals surface area contributed by atoms with Crippen LogP contribution in [0.3, 0.4) is 0 Å². The van der Waals surface area contributed by atoms with Gasteiger partial charge < -0.3 is 15.4 Å². The van der Waals surface area contributed by atoms with Crippen molar-refractivity contribution in [2.24, 2.45) is 0 Å². The molecule has 0 unspecified atom stereocenters. The number of para-hydroxylation sites is 1. The molecule has 0 radical (unpaired) electrons. The van der Waals surface area contributed by atoms with Gasteiger partial charge in [-0.15, -0.1) is 0 Å². The Morgan fingerprint density at radius 3 is 2.83 bits per heavy atom. The standard InChI is InChI=1S/C13H16N2O2S/c1-2-17-12(16)10-5-3-4-6-11(10)15-13(18)14-9-7-8-9/h3-6,9H,2,7-8H2,1H3,(H2,14,15,18). The average Bonchev–Trinajstić information content (AvgIpc) is 3.13. The molecule has 18 heavy (non-hydrogen) atoms. The predicted molar refractivity (Wildman–Crippen MR) is 74.8 cm³/mol. The van der Waals surface area contributed by atoms with E-state index in [-0.39, 0.29) is 5.97 Å². The molecule has 2 rings (SSSR count). The second kappa shape index (κ2) is 5.82. The number of ether oxygens (including phenoxy) is 1. The van der Waals surface area contributed by atoms with Crippen molar-refractivity contribution in [3.63, 3.8) is 0 Å². The summed E-state index contributed by atoms with van der Waals surface area (Å²) in [5.41, 5.74) is 1.17. The van der Waals surface area contributed by atoms with Gasteiger partial charge in [-0.25, -0.2) is 4.79 Å². The van der Waals surface area contributed by atoms with Crippen LogP contribution in [0.2, 0.25) is 0 Å². The smallest absolute Gasteiger partial charge is 0.340 e. The fraction of sp³-hybridized carbons (Fsp3) is 0.385. The molecule has 0 atom stereocenters. The van der Waals surface area contributed by atoms with Gasteiger partial charge in [-0.2, -0.15) is 0 Å². The maximum Gasteiger partial charge on any atom is 0.340 e. The van der Waals surface area contributed by atoms with Crippen molar-refractivity contribution < 1.29 is 9.53 Å². The number of thiocarbonyl (C=S) groups is 1. The molecule has 1 fully saturated rings. The molecule has 0 bridgehead atoms. The van der Waals surface area contributed by atoms with Gasteiger partial charge in [0, 0.05) is 6.04 Å². The third kappa shape index (κ3) is 3.43. The molecule has 0 saturated heterocycles. The molecule has 4 nitrogen and oxygen atoms in total. The monoisotopic (exact) mass is 264 g/mol. The highest BCUT2D eigenvalue weighted by atomic mass is 32.1. The Bertz CT molecular complexity index is 458. The Morgan fingerprint density at radius 1 is 1.44 bits per heavy atom. The van der Waals surface area contributed by atoms with Gasteiger partial charge in [-0.3, -0.25) is 0 Å². The minimum Gasteiger partial charge on any atom is -0.462 e. The maximum atomic E-state index is 11.8. The lowest BCUT2D eigenvalue weighted by Crippen LogP contribution is -2.30. The minimum atomic E-state index is -0.338. The number of benzene rings is 1. The lowest BCUT2D eigenvalue weighted by Gasteiger charge is -2.12. The van der Waals surface area contributed by atoms with Crippen molar-refractivity contribution in [3.8, 4) is 0 Å². The number of rotatable bonds is 4. The van der Waals surface area contributed by atoms with Crippen LogP contribution in [0, 0.1) is 0 Å². The molecular weight excluding hydrogens is 248 g/mol. The molecular formula is C13H16N2O2S. The first kappa shape index (κ1) is 12.8. The van der Waals surface area contributed by atoms with Gasteiger partial charge in [0.05, 0.1) is 17.9 Å². The molecule has 0 amide bonds. The normalized spacial score (nSPS) is 13.8.